The fourth-order valence-electron chi connectivity index (χ4n) is 1.83. The van der Waals surface area contributed by atoms with Crippen LogP contribution in [-0.4, -0.2) is 24.1 Å². The van der Waals surface area contributed by atoms with Crippen LogP contribution in [-0.2, 0) is 9.53 Å². The van der Waals surface area contributed by atoms with Crippen LogP contribution >= 0.6 is 0 Å². The second-order valence-corrected chi connectivity index (χ2v) is 3.92. The average molecular weight is 226 g/mol. The zero-order valence-corrected chi connectivity index (χ0v) is 9.44. The van der Waals surface area contributed by atoms with Gasteiger partial charge in [0.05, 0.1) is 6.04 Å². The normalized spacial score (nSPS) is 25.3. The maximum Gasteiger partial charge on any atom is 0.405 e. The minimum absolute atomic E-state index is 0.128. The number of nitrogens with one attached hydrogen (secondary N) is 1. The molecule has 2 unspecified atom stereocenters. The molecular weight excluding hydrogens is 208 g/mol. The molecule has 2 atom stereocenters. The van der Waals surface area contributed by atoms with Gasteiger partial charge in [-0.2, -0.15) is 0 Å². The summed E-state index contributed by atoms with van der Waals surface area (Å²) in [6.07, 6.45) is 6.32. The largest absolute Gasteiger partial charge is 0.440 e. The van der Waals surface area contributed by atoms with Crippen LogP contribution in [0.5, 0.6) is 0 Å². The molecule has 0 radical (unpaired) electrons. The SMILES string of the molecule is CC(=O)NC1CCCCC=CC1OC(N)=O. The van der Waals surface area contributed by atoms with Gasteiger partial charge in [-0.15, -0.1) is 0 Å². The van der Waals surface area contributed by atoms with Crippen molar-refractivity contribution in [3.8, 4) is 0 Å². The van der Waals surface area contributed by atoms with E-state index in [0.29, 0.717) is 0 Å². The summed E-state index contributed by atoms with van der Waals surface area (Å²) in [5, 5.41) is 2.78. The van der Waals surface area contributed by atoms with Gasteiger partial charge < -0.3 is 15.8 Å². The van der Waals surface area contributed by atoms with Gasteiger partial charge >= 0.3 is 6.09 Å². The Bertz CT molecular complexity index is 289. The first-order valence-corrected chi connectivity index (χ1v) is 5.49. The van der Waals surface area contributed by atoms with Crippen molar-refractivity contribution in [1.29, 1.82) is 0 Å². The molecule has 0 bridgehead atoms. The van der Waals surface area contributed by atoms with Gasteiger partial charge in [-0.3, -0.25) is 4.79 Å². The second-order valence-electron chi connectivity index (χ2n) is 3.92. The minimum Gasteiger partial charge on any atom is -0.440 e. The molecule has 0 aliphatic heterocycles. The third-order valence-corrected chi connectivity index (χ3v) is 2.50. The van der Waals surface area contributed by atoms with Crippen molar-refractivity contribution in [1.82, 2.24) is 5.32 Å². The molecule has 0 aromatic carbocycles. The predicted molar refractivity (Wildman–Crippen MR) is 59.7 cm³/mol. The highest BCUT2D eigenvalue weighted by Crippen LogP contribution is 2.15. The summed E-state index contributed by atoms with van der Waals surface area (Å²) >= 11 is 0. The number of hydrogen-bond donors (Lipinski definition) is 2. The molecule has 5 heteroatoms. The molecule has 16 heavy (non-hydrogen) atoms. The van der Waals surface area contributed by atoms with Crippen molar-refractivity contribution in [3.63, 3.8) is 0 Å². The summed E-state index contributed by atoms with van der Waals surface area (Å²) in [5.41, 5.74) is 5.00. The number of nitrogens with two attached hydrogens (primary N) is 1. The lowest BCUT2D eigenvalue weighted by molar-refractivity contribution is -0.120. The Kier molecular flexibility index (Phi) is 4.82. The topological polar surface area (TPSA) is 81.4 Å². The van der Waals surface area contributed by atoms with E-state index in [1.54, 1.807) is 6.08 Å². The monoisotopic (exact) mass is 226 g/mol. The van der Waals surface area contributed by atoms with Crippen molar-refractivity contribution >= 4 is 12.0 Å². The molecule has 1 rings (SSSR count). The predicted octanol–water partition coefficient (Wildman–Crippen LogP) is 1.09. The van der Waals surface area contributed by atoms with E-state index < -0.39 is 12.2 Å². The van der Waals surface area contributed by atoms with Crippen LogP contribution in [0.2, 0.25) is 0 Å². The van der Waals surface area contributed by atoms with Crippen LogP contribution in [0.4, 0.5) is 4.79 Å². The van der Waals surface area contributed by atoms with E-state index in [2.05, 4.69) is 5.32 Å². The minimum atomic E-state index is -0.814. The molecule has 0 fully saturated rings. The fraction of sp³-hybridized carbons (Fsp3) is 0.636. The number of allylic oxidation sites excluding steroid dienone is 1. The Balaban J connectivity index is 2.69. The van der Waals surface area contributed by atoms with Crippen molar-refractivity contribution < 1.29 is 14.3 Å². The van der Waals surface area contributed by atoms with E-state index in [4.69, 9.17) is 10.5 Å². The van der Waals surface area contributed by atoms with Crippen molar-refractivity contribution in [2.75, 3.05) is 0 Å². The van der Waals surface area contributed by atoms with E-state index in [1.807, 2.05) is 6.08 Å². The number of ether oxygens (including phenoxy) is 1. The molecule has 0 heterocycles. The molecule has 0 aromatic rings. The highest BCUT2D eigenvalue weighted by molar-refractivity contribution is 5.73. The summed E-state index contributed by atoms with van der Waals surface area (Å²) in [6.45, 7) is 1.45. The standard InChI is InChI=1S/C11H18N2O3/c1-8(14)13-9-6-4-2-3-5-7-10(9)16-11(12)15/h5,7,9-10H,2-4,6H2,1H3,(H2,12,15)(H,13,14). The summed E-state index contributed by atoms with van der Waals surface area (Å²) < 4.78 is 4.98. The molecule has 1 aliphatic carbocycles. The quantitative estimate of drug-likeness (QED) is 0.691. The van der Waals surface area contributed by atoms with Gasteiger partial charge in [-0.05, 0) is 25.3 Å². The van der Waals surface area contributed by atoms with Crippen LogP contribution in [0.1, 0.15) is 32.6 Å². The van der Waals surface area contributed by atoms with E-state index in [0.717, 1.165) is 25.7 Å². The lowest BCUT2D eigenvalue weighted by Gasteiger charge is -2.26. The Labute approximate surface area is 95.0 Å². The summed E-state index contributed by atoms with van der Waals surface area (Å²) in [7, 11) is 0. The Hall–Kier alpha value is -1.52. The van der Waals surface area contributed by atoms with Crippen molar-refractivity contribution in [3.05, 3.63) is 12.2 Å². The summed E-state index contributed by atoms with van der Waals surface area (Å²) in [5.74, 6) is -0.128. The van der Waals surface area contributed by atoms with Gasteiger partial charge in [0.2, 0.25) is 5.91 Å². The molecule has 5 nitrogen and oxygen atoms in total. The lowest BCUT2D eigenvalue weighted by atomic mass is 9.99. The third-order valence-electron chi connectivity index (χ3n) is 2.50. The highest BCUT2D eigenvalue weighted by Gasteiger charge is 2.23. The Morgan fingerprint density at radius 3 is 2.81 bits per heavy atom. The molecule has 1 aliphatic rings. The Morgan fingerprint density at radius 1 is 1.44 bits per heavy atom. The number of rotatable bonds is 2. The van der Waals surface area contributed by atoms with Crippen LogP contribution in [0.3, 0.4) is 0 Å². The first kappa shape index (κ1) is 12.5. The van der Waals surface area contributed by atoms with Gasteiger partial charge in [0, 0.05) is 6.92 Å². The number of amides is 2. The van der Waals surface area contributed by atoms with Gasteiger partial charge in [0.25, 0.3) is 0 Å². The van der Waals surface area contributed by atoms with E-state index in [9.17, 15) is 9.59 Å². The molecule has 2 amide bonds. The first-order chi connectivity index (χ1) is 7.59. The van der Waals surface area contributed by atoms with Gasteiger partial charge in [-0.1, -0.05) is 12.5 Å². The number of primary amides is 1. The molecule has 0 spiro atoms. The van der Waals surface area contributed by atoms with Gasteiger partial charge in [0.15, 0.2) is 0 Å². The summed E-state index contributed by atoms with van der Waals surface area (Å²) in [6, 6.07) is -0.179. The van der Waals surface area contributed by atoms with Crippen LogP contribution in [0, 0.1) is 0 Å². The zero-order valence-electron chi connectivity index (χ0n) is 9.44. The highest BCUT2D eigenvalue weighted by atomic mass is 16.6. The van der Waals surface area contributed by atoms with Crippen molar-refractivity contribution in [2.24, 2.45) is 5.73 Å². The summed E-state index contributed by atoms with van der Waals surface area (Å²) in [4.78, 5) is 21.8. The average Bonchev–Trinajstić information content (AvgIpc) is 2.15. The van der Waals surface area contributed by atoms with E-state index >= 15 is 0 Å². The van der Waals surface area contributed by atoms with E-state index in [-0.39, 0.29) is 11.9 Å². The molecule has 90 valence electrons. The number of carbonyl (C=O) groups excluding carboxylic acids is 2. The zero-order chi connectivity index (χ0) is 12.0. The maximum absolute atomic E-state index is 11.0. The van der Waals surface area contributed by atoms with Gasteiger partial charge in [0.1, 0.15) is 6.10 Å². The molecule has 3 N–H and O–H groups in total. The Morgan fingerprint density at radius 2 is 2.19 bits per heavy atom. The molecule has 0 aromatic heterocycles. The van der Waals surface area contributed by atoms with Crippen molar-refractivity contribution in [2.45, 2.75) is 44.8 Å². The van der Waals surface area contributed by atoms with Crippen LogP contribution in [0.25, 0.3) is 0 Å². The molecular formula is C11H18N2O3. The molecule has 0 saturated heterocycles. The smallest absolute Gasteiger partial charge is 0.405 e. The molecule has 0 saturated carbocycles. The maximum atomic E-state index is 11.0. The third kappa shape index (κ3) is 4.33. The van der Waals surface area contributed by atoms with Crippen LogP contribution in [0.15, 0.2) is 12.2 Å². The number of carbonyl (C=O) groups is 2. The first-order valence-electron chi connectivity index (χ1n) is 5.49. The lowest BCUT2D eigenvalue weighted by Crippen LogP contribution is -2.44. The number of hydrogen-bond acceptors (Lipinski definition) is 3. The second kappa shape index (κ2) is 6.15. The van der Waals surface area contributed by atoms with Gasteiger partial charge in [-0.25, -0.2) is 4.79 Å². The van der Waals surface area contributed by atoms with Crippen LogP contribution < -0.4 is 11.1 Å². The fourth-order valence-corrected chi connectivity index (χ4v) is 1.83. The van der Waals surface area contributed by atoms with E-state index in [1.165, 1.54) is 6.92 Å².